The molecule has 3 rings (SSSR count). The van der Waals surface area contributed by atoms with Crippen molar-refractivity contribution in [2.45, 2.75) is 39.3 Å². The number of likely N-dealkylation sites (tertiary alicyclic amines) is 1. The Kier molecular flexibility index (Phi) is 7.83. The lowest BCUT2D eigenvalue weighted by Gasteiger charge is -2.31. The topological polar surface area (TPSA) is 50.6 Å². The van der Waals surface area contributed by atoms with E-state index < -0.39 is 0 Å². The Labute approximate surface area is 174 Å². The van der Waals surface area contributed by atoms with Crippen molar-refractivity contribution in [3.8, 4) is 0 Å². The third kappa shape index (κ3) is 6.15. The second kappa shape index (κ2) is 10.6. The number of carbonyl (C=O) groups excluding carboxylic acids is 1. The van der Waals surface area contributed by atoms with Gasteiger partial charge in [-0.1, -0.05) is 24.3 Å². The molecule has 2 heterocycles. The van der Waals surface area contributed by atoms with E-state index in [1.54, 1.807) is 11.8 Å². The van der Waals surface area contributed by atoms with E-state index in [9.17, 15) is 4.79 Å². The molecule has 0 unspecified atom stereocenters. The van der Waals surface area contributed by atoms with E-state index in [-0.39, 0.29) is 5.91 Å². The maximum atomic E-state index is 12.6. The van der Waals surface area contributed by atoms with Gasteiger partial charge in [0.1, 0.15) is 5.69 Å². The van der Waals surface area contributed by atoms with Crippen molar-refractivity contribution < 1.29 is 9.53 Å². The van der Waals surface area contributed by atoms with E-state index in [1.165, 1.54) is 11.1 Å². The zero-order valence-corrected chi connectivity index (χ0v) is 18.0. The fourth-order valence-electron chi connectivity index (χ4n) is 3.91. The lowest BCUT2D eigenvalue weighted by Crippen LogP contribution is -2.39. The third-order valence-electron chi connectivity index (χ3n) is 5.76. The van der Waals surface area contributed by atoms with E-state index >= 15 is 0 Å². The summed E-state index contributed by atoms with van der Waals surface area (Å²) >= 11 is 0. The average molecular weight is 399 g/mol. The predicted molar refractivity (Wildman–Crippen MR) is 115 cm³/mol. The molecule has 1 fully saturated rings. The van der Waals surface area contributed by atoms with Crippen LogP contribution in [-0.2, 0) is 24.2 Å². The lowest BCUT2D eigenvalue weighted by molar-refractivity contribution is 0.0683. The smallest absolute Gasteiger partial charge is 0.274 e. The summed E-state index contributed by atoms with van der Waals surface area (Å²) in [4.78, 5) is 16.9. The minimum absolute atomic E-state index is 0.0672. The van der Waals surface area contributed by atoms with Crippen LogP contribution in [0.5, 0.6) is 0 Å². The number of carbonyl (C=O) groups is 1. The van der Waals surface area contributed by atoms with Crippen LogP contribution in [0.25, 0.3) is 0 Å². The average Bonchev–Trinajstić information content (AvgIpc) is 3.23. The first-order valence-electron chi connectivity index (χ1n) is 10.7. The van der Waals surface area contributed by atoms with Gasteiger partial charge in [-0.25, -0.2) is 0 Å². The highest BCUT2D eigenvalue weighted by Gasteiger charge is 2.25. The first-order valence-corrected chi connectivity index (χ1v) is 10.7. The van der Waals surface area contributed by atoms with Gasteiger partial charge in [0.05, 0.1) is 6.61 Å². The highest BCUT2D eigenvalue weighted by atomic mass is 16.5. The first-order chi connectivity index (χ1) is 14.1. The Hall–Kier alpha value is -2.18. The summed E-state index contributed by atoms with van der Waals surface area (Å²) in [6.07, 6.45) is 5.08. The molecule has 1 aromatic carbocycles. The third-order valence-corrected chi connectivity index (χ3v) is 5.76. The SMILES string of the molecule is CCn1ccc(C(=O)N2CCC(Cc3ccc(CN(C)CCOC)cc3)CC2)n1. The van der Waals surface area contributed by atoms with Crippen molar-refractivity contribution in [2.24, 2.45) is 5.92 Å². The number of rotatable bonds is 9. The van der Waals surface area contributed by atoms with Crippen LogP contribution < -0.4 is 0 Å². The molecule has 1 aliphatic rings. The molecule has 0 bridgehead atoms. The van der Waals surface area contributed by atoms with Crippen LogP contribution in [0.2, 0.25) is 0 Å². The Morgan fingerprint density at radius 2 is 1.86 bits per heavy atom. The van der Waals surface area contributed by atoms with Crippen LogP contribution >= 0.6 is 0 Å². The van der Waals surface area contributed by atoms with Gasteiger partial charge in [-0.05, 0) is 56.3 Å². The van der Waals surface area contributed by atoms with E-state index in [0.29, 0.717) is 11.6 Å². The maximum absolute atomic E-state index is 12.6. The lowest BCUT2D eigenvalue weighted by atomic mass is 9.90. The summed E-state index contributed by atoms with van der Waals surface area (Å²) in [6, 6.07) is 10.8. The van der Waals surface area contributed by atoms with Gasteiger partial charge in [-0.15, -0.1) is 0 Å². The Balaban J connectivity index is 1.45. The minimum atomic E-state index is 0.0672. The Bertz CT molecular complexity index is 763. The van der Waals surface area contributed by atoms with E-state index in [1.807, 2.05) is 24.1 Å². The highest BCUT2D eigenvalue weighted by molar-refractivity contribution is 5.92. The number of aryl methyl sites for hydroxylation is 1. The van der Waals surface area contributed by atoms with Crippen LogP contribution in [0.4, 0.5) is 0 Å². The summed E-state index contributed by atoms with van der Waals surface area (Å²) in [6.45, 7) is 7.11. The zero-order valence-electron chi connectivity index (χ0n) is 18.0. The van der Waals surface area contributed by atoms with E-state index in [0.717, 1.165) is 58.6 Å². The Morgan fingerprint density at radius 1 is 1.17 bits per heavy atom. The fourth-order valence-corrected chi connectivity index (χ4v) is 3.91. The van der Waals surface area contributed by atoms with E-state index in [2.05, 4.69) is 41.3 Å². The number of piperidine rings is 1. The van der Waals surface area contributed by atoms with Gasteiger partial charge in [0, 0.05) is 46.0 Å². The molecule has 29 heavy (non-hydrogen) atoms. The zero-order chi connectivity index (χ0) is 20.6. The number of hydrogen-bond acceptors (Lipinski definition) is 4. The number of amides is 1. The van der Waals surface area contributed by atoms with Gasteiger partial charge < -0.3 is 9.64 Å². The van der Waals surface area contributed by atoms with Gasteiger partial charge in [-0.3, -0.25) is 14.4 Å². The molecule has 0 aliphatic carbocycles. The van der Waals surface area contributed by atoms with Crippen LogP contribution in [0.3, 0.4) is 0 Å². The number of hydrogen-bond donors (Lipinski definition) is 0. The minimum Gasteiger partial charge on any atom is -0.383 e. The molecule has 2 aromatic rings. The van der Waals surface area contributed by atoms with Gasteiger partial charge in [0.15, 0.2) is 0 Å². The van der Waals surface area contributed by atoms with Crippen LogP contribution in [0, 0.1) is 5.92 Å². The van der Waals surface area contributed by atoms with Crippen LogP contribution in [0.1, 0.15) is 41.4 Å². The highest BCUT2D eigenvalue weighted by Crippen LogP contribution is 2.23. The second-order valence-electron chi connectivity index (χ2n) is 8.04. The second-order valence-corrected chi connectivity index (χ2v) is 8.04. The molecule has 6 nitrogen and oxygen atoms in total. The van der Waals surface area contributed by atoms with Crippen molar-refractivity contribution in [3.63, 3.8) is 0 Å². The molecule has 0 N–H and O–H groups in total. The van der Waals surface area contributed by atoms with Crippen molar-refractivity contribution >= 4 is 5.91 Å². The number of ether oxygens (including phenoxy) is 1. The number of likely N-dealkylation sites (N-methyl/N-ethyl adjacent to an activating group) is 1. The summed E-state index contributed by atoms with van der Waals surface area (Å²) < 4.78 is 6.94. The molecule has 1 aromatic heterocycles. The van der Waals surface area contributed by atoms with Crippen molar-refractivity contribution in [1.29, 1.82) is 0 Å². The maximum Gasteiger partial charge on any atom is 0.274 e. The number of aromatic nitrogens is 2. The summed E-state index contributed by atoms with van der Waals surface area (Å²) in [7, 11) is 3.86. The van der Waals surface area contributed by atoms with Gasteiger partial charge >= 0.3 is 0 Å². The fraction of sp³-hybridized carbons (Fsp3) is 0.565. The van der Waals surface area contributed by atoms with Crippen LogP contribution in [0.15, 0.2) is 36.5 Å². The summed E-state index contributed by atoms with van der Waals surface area (Å²) in [5, 5.41) is 4.35. The monoisotopic (exact) mass is 398 g/mol. The molecule has 0 radical (unpaired) electrons. The predicted octanol–water partition coefficient (Wildman–Crippen LogP) is 3.08. The van der Waals surface area contributed by atoms with Crippen molar-refractivity contribution in [2.75, 3.05) is 40.4 Å². The number of benzene rings is 1. The molecular weight excluding hydrogens is 364 g/mol. The molecule has 0 saturated carbocycles. The number of methoxy groups -OCH3 is 1. The molecular formula is C23H34N4O2. The largest absolute Gasteiger partial charge is 0.383 e. The molecule has 0 spiro atoms. The van der Waals surface area contributed by atoms with Crippen molar-refractivity contribution in [1.82, 2.24) is 19.6 Å². The normalized spacial score (nSPS) is 15.2. The van der Waals surface area contributed by atoms with Gasteiger partial charge in [0.2, 0.25) is 0 Å². The van der Waals surface area contributed by atoms with Crippen LogP contribution in [-0.4, -0.2) is 65.9 Å². The summed E-state index contributed by atoms with van der Waals surface area (Å²) in [5.74, 6) is 0.708. The number of nitrogens with zero attached hydrogens (tertiary/aromatic N) is 4. The first kappa shape index (κ1) is 21.5. The summed E-state index contributed by atoms with van der Waals surface area (Å²) in [5.41, 5.74) is 3.29. The van der Waals surface area contributed by atoms with Gasteiger partial charge in [-0.2, -0.15) is 5.10 Å². The Morgan fingerprint density at radius 3 is 2.48 bits per heavy atom. The molecule has 6 heteroatoms. The molecule has 1 aliphatic heterocycles. The standard InChI is InChI=1S/C23H34N4O2/c1-4-27-14-11-22(24-27)23(28)26-12-9-20(10-13-26)17-19-5-7-21(8-6-19)18-25(2)15-16-29-3/h5-8,11,14,20H,4,9-10,12-13,15-18H2,1-3H3. The molecule has 158 valence electrons. The molecule has 1 amide bonds. The quantitative estimate of drug-likeness (QED) is 0.651. The van der Waals surface area contributed by atoms with E-state index in [4.69, 9.17) is 4.74 Å². The molecule has 1 saturated heterocycles. The van der Waals surface area contributed by atoms with Crippen molar-refractivity contribution in [3.05, 3.63) is 53.3 Å². The molecule has 0 atom stereocenters. The van der Waals surface area contributed by atoms with Gasteiger partial charge in [0.25, 0.3) is 5.91 Å².